The van der Waals surface area contributed by atoms with Crippen LogP contribution >= 0.6 is 0 Å². The fraction of sp³-hybridized carbons (Fsp3) is 0.250. The molecule has 2 N–H and O–H groups in total. The third-order valence-corrected chi connectivity index (χ3v) is 6.53. The minimum absolute atomic E-state index is 0.0706. The maximum absolute atomic E-state index is 14.6. The third kappa shape index (κ3) is 6.92. The van der Waals surface area contributed by atoms with Gasteiger partial charge in [0.15, 0.2) is 0 Å². The number of ether oxygens (including phenoxy) is 1. The van der Waals surface area contributed by atoms with E-state index in [1.165, 1.54) is 18.2 Å². The van der Waals surface area contributed by atoms with Crippen molar-refractivity contribution in [2.75, 3.05) is 48.8 Å². The van der Waals surface area contributed by atoms with Gasteiger partial charge in [-0.05, 0) is 43.4 Å². The number of aryl methyl sites for hydroxylation is 1. The third-order valence-electron chi connectivity index (χ3n) is 6.53. The van der Waals surface area contributed by atoms with Crippen molar-refractivity contribution >= 4 is 23.1 Å². The van der Waals surface area contributed by atoms with Crippen LogP contribution < -0.4 is 20.3 Å². The zero-order valence-corrected chi connectivity index (χ0v) is 22.2. The summed E-state index contributed by atoms with van der Waals surface area (Å²) in [4.78, 5) is 21.0. The van der Waals surface area contributed by atoms with Crippen molar-refractivity contribution < 1.29 is 27.1 Å². The summed E-state index contributed by atoms with van der Waals surface area (Å²) in [6, 6.07) is 9.56. The summed E-state index contributed by atoms with van der Waals surface area (Å²) in [6.45, 7) is 2.48. The van der Waals surface area contributed by atoms with E-state index in [0.717, 1.165) is 23.8 Å². The van der Waals surface area contributed by atoms with Gasteiger partial charge in [0.1, 0.15) is 17.3 Å². The summed E-state index contributed by atoms with van der Waals surface area (Å²) >= 11 is 0. The van der Waals surface area contributed by atoms with Crippen LogP contribution in [0.5, 0.6) is 11.5 Å². The molecule has 0 radical (unpaired) electrons. The summed E-state index contributed by atoms with van der Waals surface area (Å²) in [7, 11) is 3.73. The minimum Gasteiger partial charge on any atom is -0.457 e. The molecule has 214 valence electrons. The standard InChI is InChI=1S/C28H27F4N7O2/c1-37-7-9-39(10-8-37)21-12-19(28(30,31)32)11-20(13-21)35-27(40)36-26-15-22(3-4-24(26)29)41-23-5-6-33-25(14-23)18-16-34-38(2)17-18/h3-6,11-17H,7-10H2,1-2H3,(H2,35,36,40). The monoisotopic (exact) mass is 569 g/mol. The molecule has 13 heteroatoms. The Morgan fingerprint density at radius 1 is 0.951 bits per heavy atom. The number of amides is 2. The maximum atomic E-state index is 14.6. The Kier molecular flexibility index (Phi) is 7.79. The molecule has 0 atom stereocenters. The van der Waals surface area contributed by atoms with Crippen LogP contribution in [0.25, 0.3) is 11.3 Å². The quantitative estimate of drug-likeness (QED) is 0.284. The number of pyridine rings is 1. The molecule has 9 nitrogen and oxygen atoms in total. The van der Waals surface area contributed by atoms with E-state index in [9.17, 15) is 22.4 Å². The Bertz CT molecular complexity index is 1550. The number of halogens is 4. The summed E-state index contributed by atoms with van der Waals surface area (Å²) in [5.41, 5.74) is 0.558. The van der Waals surface area contributed by atoms with Crippen LogP contribution in [-0.4, -0.2) is 58.9 Å². The second-order valence-corrected chi connectivity index (χ2v) is 9.66. The molecule has 0 bridgehead atoms. The van der Waals surface area contributed by atoms with E-state index >= 15 is 0 Å². The van der Waals surface area contributed by atoms with Gasteiger partial charge in [-0.2, -0.15) is 18.3 Å². The largest absolute Gasteiger partial charge is 0.457 e. The van der Waals surface area contributed by atoms with Gasteiger partial charge in [-0.15, -0.1) is 0 Å². The van der Waals surface area contributed by atoms with E-state index in [0.29, 0.717) is 43.3 Å². The van der Waals surface area contributed by atoms with Gasteiger partial charge in [0.05, 0.1) is 23.1 Å². The van der Waals surface area contributed by atoms with Crippen molar-refractivity contribution in [3.63, 3.8) is 0 Å². The highest BCUT2D eigenvalue weighted by Gasteiger charge is 2.32. The number of alkyl halides is 3. The van der Waals surface area contributed by atoms with Crippen molar-refractivity contribution in [3.8, 4) is 22.8 Å². The van der Waals surface area contributed by atoms with E-state index in [4.69, 9.17) is 4.74 Å². The number of carbonyl (C=O) groups is 1. The fourth-order valence-corrected chi connectivity index (χ4v) is 4.36. The van der Waals surface area contributed by atoms with Gasteiger partial charge in [0, 0.05) is 74.7 Å². The lowest BCUT2D eigenvalue weighted by Crippen LogP contribution is -2.44. The molecule has 1 aliphatic heterocycles. The lowest BCUT2D eigenvalue weighted by Gasteiger charge is -2.34. The van der Waals surface area contributed by atoms with Gasteiger partial charge >= 0.3 is 12.2 Å². The number of nitrogens with zero attached hydrogens (tertiary/aromatic N) is 5. The van der Waals surface area contributed by atoms with Crippen LogP contribution in [0.15, 0.2) is 67.1 Å². The number of hydrogen-bond donors (Lipinski definition) is 2. The Balaban J connectivity index is 1.31. The van der Waals surface area contributed by atoms with Crippen molar-refractivity contribution in [1.29, 1.82) is 0 Å². The molecule has 3 heterocycles. The smallest absolute Gasteiger partial charge is 0.416 e. The number of carbonyl (C=O) groups excluding carboxylic acids is 1. The summed E-state index contributed by atoms with van der Waals surface area (Å²) in [6.07, 6.45) is 0.392. The number of rotatable bonds is 6. The van der Waals surface area contributed by atoms with Gasteiger partial charge in [-0.1, -0.05) is 0 Å². The number of anilines is 3. The molecule has 1 saturated heterocycles. The number of benzene rings is 2. The molecule has 2 amide bonds. The number of urea groups is 1. The first-order valence-electron chi connectivity index (χ1n) is 12.7. The molecule has 0 unspecified atom stereocenters. The highest BCUT2D eigenvalue weighted by Crippen LogP contribution is 2.35. The van der Waals surface area contributed by atoms with Crippen LogP contribution in [0, 0.1) is 5.82 Å². The number of piperazine rings is 1. The summed E-state index contributed by atoms with van der Waals surface area (Å²) < 4.78 is 63.0. The highest BCUT2D eigenvalue weighted by molar-refractivity contribution is 6.00. The molecule has 1 fully saturated rings. The molecule has 4 aromatic rings. The van der Waals surface area contributed by atoms with Gasteiger partial charge in [0.2, 0.25) is 0 Å². The average Bonchev–Trinajstić information content (AvgIpc) is 3.37. The molecule has 41 heavy (non-hydrogen) atoms. The molecular weight excluding hydrogens is 542 g/mol. The Morgan fingerprint density at radius 3 is 2.41 bits per heavy atom. The fourth-order valence-electron chi connectivity index (χ4n) is 4.36. The second-order valence-electron chi connectivity index (χ2n) is 9.66. The van der Waals surface area contributed by atoms with E-state index < -0.39 is 23.6 Å². The van der Waals surface area contributed by atoms with E-state index in [-0.39, 0.29) is 17.1 Å². The number of nitrogens with one attached hydrogen (secondary N) is 2. The molecule has 1 aliphatic rings. The van der Waals surface area contributed by atoms with Gasteiger partial charge < -0.3 is 25.2 Å². The van der Waals surface area contributed by atoms with Crippen molar-refractivity contribution in [3.05, 3.63) is 78.5 Å². The van der Waals surface area contributed by atoms with E-state index in [2.05, 4.69) is 25.6 Å². The topological polar surface area (TPSA) is 87.6 Å². The first-order valence-corrected chi connectivity index (χ1v) is 12.7. The second kappa shape index (κ2) is 11.5. The molecule has 0 saturated carbocycles. The maximum Gasteiger partial charge on any atom is 0.416 e. The van der Waals surface area contributed by atoms with Crippen molar-refractivity contribution in [2.45, 2.75) is 6.18 Å². The van der Waals surface area contributed by atoms with Gasteiger partial charge in [-0.25, -0.2) is 9.18 Å². The number of hydrogen-bond acceptors (Lipinski definition) is 6. The normalized spacial score (nSPS) is 14.1. The van der Waals surface area contributed by atoms with Crippen LogP contribution in [-0.2, 0) is 13.2 Å². The van der Waals surface area contributed by atoms with Crippen molar-refractivity contribution in [1.82, 2.24) is 19.7 Å². The zero-order valence-electron chi connectivity index (χ0n) is 22.2. The van der Waals surface area contributed by atoms with E-state index in [1.807, 2.05) is 11.9 Å². The van der Waals surface area contributed by atoms with Gasteiger partial charge in [0.25, 0.3) is 0 Å². The Hall–Kier alpha value is -4.65. The average molecular weight is 570 g/mol. The number of aromatic nitrogens is 3. The molecule has 5 rings (SSSR count). The first-order chi connectivity index (χ1) is 19.5. The lowest BCUT2D eigenvalue weighted by molar-refractivity contribution is -0.137. The van der Waals surface area contributed by atoms with Crippen LogP contribution in [0.2, 0.25) is 0 Å². The molecule has 2 aromatic heterocycles. The number of likely N-dealkylation sites (N-methyl/N-ethyl adjacent to an activating group) is 1. The van der Waals surface area contributed by atoms with Crippen LogP contribution in [0.3, 0.4) is 0 Å². The summed E-state index contributed by atoms with van der Waals surface area (Å²) in [5, 5.41) is 8.88. The predicted molar refractivity (Wildman–Crippen MR) is 147 cm³/mol. The van der Waals surface area contributed by atoms with E-state index in [1.54, 1.807) is 42.5 Å². The molecule has 2 aromatic carbocycles. The van der Waals surface area contributed by atoms with Gasteiger partial charge in [-0.3, -0.25) is 9.67 Å². The Labute approximate surface area is 233 Å². The molecule has 0 aliphatic carbocycles. The highest BCUT2D eigenvalue weighted by atomic mass is 19.4. The van der Waals surface area contributed by atoms with Crippen molar-refractivity contribution in [2.24, 2.45) is 7.05 Å². The lowest BCUT2D eigenvalue weighted by atomic mass is 10.1. The van der Waals surface area contributed by atoms with Crippen LogP contribution in [0.4, 0.5) is 39.4 Å². The van der Waals surface area contributed by atoms with Crippen LogP contribution in [0.1, 0.15) is 5.56 Å². The Morgan fingerprint density at radius 2 is 1.71 bits per heavy atom. The zero-order chi connectivity index (χ0) is 29.1. The minimum atomic E-state index is -4.61. The molecular formula is C28H27F4N7O2. The summed E-state index contributed by atoms with van der Waals surface area (Å²) in [5.74, 6) is -0.108. The first kappa shape index (κ1) is 27.9. The predicted octanol–water partition coefficient (Wildman–Crippen LogP) is 5.83. The molecule has 0 spiro atoms. The SMILES string of the molecule is CN1CCN(c2cc(NC(=O)Nc3cc(Oc4ccnc(-c5cnn(C)c5)c4)ccc3F)cc(C(F)(F)F)c2)CC1.